The van der Waals surface area contributed by atoms with Crippen molar-refractivity contribution in [1.29, 1.82) is 0 Å². The predicted molar refractivity (Wildman–Crippen MR) is 79.4 cm³/mol. The van der Waals surface area contributed by atoms with E-state index in [-0.39, 0.29) is 6.04 Å². The highest BCUT2D eigenvalue weighted by Crippen LogP contribution is 2.41. The minimum Gasteiger partial charge on any atom is -0.391 e. The summed E-state index contributed by atoms with van der Waals surface area (Å²) >= 11 is 12.3. The van der Waals surface area contributed by atoms with Crippen LogP contribution in [0.3, 0.4) is 0 Å². The van der Waals surface area contributed by atoms with Gasteiger partial charge < -0.3 is 9.63 Å². The Hall–Kier alpha value is -1.14. The molecule has 0 saturated carbocycles. The number of aliphatic hydroxyl groups excluding tert-OH is 1. The lowest BCUT2D eigenvalue weighted by Crippen LogP contribution is -2.30. The fourth-order valence-electron chi connectivity index (χ4n) is 2.88. The van der Waals surface area contributed by atoms with E-state index in [1.54, 1.807) is 13.0 Å². The Balaban J connectivity index is 1.89. The van der Waals surface area contributed by atoms with Gasteiger partial charge in [-0.25, -0.2) is 0 Å². The third-order valence-electron chi connectivity index (χ3n) is 3.72. The van der Waals surface area contributed by atoms with Gasteiger partial charge in [0.2, 0.25) is 5.89 Å². The molecule has 0 fully saturated rings. The summed E-state index contributed by atoms with van der Waals surface area (Å²) in [5, 5.41) is 15.3. The summed E-state index contributed by atoms with van der Waals surface area (Å²) in [6, 6.07) is 3.38. The molecular formula is C14H15Cl2N3O2. The zero-order valence-electron chi connectivity index (χ0n) is 11.7. The lowest BCUT2D eigenvalue weighted by molar-refractivity contribution is 0.0667. The number of benzene rings is 1. The predicted octanol–water partition coefficient (Wildman–Crippen LogP) is 2.77. The molecule has 0 spiro atoms. The van der Waals surface area contributed by atoms with Crippen LogP contribution in [0.4, 0.5) is 0 Å². The summed E-state index contributed by atoms with van der Waals surface area (Å²) in [7, 11) is 1.90. The van der Waals surface area contributed by atoms with Gasteiger partial charge in [-0.3, -0.25) is 4.90 Å². The van der Waals surface area contributed by atoms with Crippen molar-refractivity contribution in [2.24, 2.45) is 0 Å². The molecular weight excluding hydrogens is 313 g/mol. The maximum atomic E-state index is 10.4. The van der Waals surface area contributed by atoms with Crippen LogP contribution in [0.1, 0.15) is 28.9 Å². The van der Waals surface area contributed by atoms with E-state index in [0.717, 1.165) is 11.1 Å². The van der Waals surface area contributed by atoms with Gasteiger partial charge in [-0.1, -0.05) is 28.4 Å². The summed E-state index contributed by atoms with van der Waals surface area (Å²) in [4.78, 5) is 6.15. The van der Waals surface area contributed by atoms with Crippen LogP contribution in [0.25, 0.3) is 0 Å². The standard InChI is InChI=1S/C14H15Cl2N3O2/c1-7-17-13(21-18-7)6-19(2)14-10-3-8(15)4-11(16)9(10)5-12(14)20/h3-4,12,14,20H,5-6H2,1-2H3/t12-,14+/m0/s1. The molecule has 1 aromatic heterocycles. The second-order valence-corrected chi connectivity index (χ2v) is 6.17. The number of hydrogen-bond donors (Lipinski definition) is 1. The van der Waals surface area contributed by atoms with Gasteiger partial charge in [-0.2, -0.15) is 4.98 Å². The number of likely N-dealkylation sites (N-methyl/N-ethyl adjacent to an activating group) is 1. The van der Waals surface area contributed by atoms with Crippen molar-refractivity contribution in [2.75, 3.05) is 7.05 Å². The second-order valence-electron chi connectivity index (χ2n) is 5.32. The summed E-state index contributed by atoms with van der Waals surface area (Å²) in [6.07, 6.45) is -0.0200. The Morgan fingerprint density at radius 3 is 2.86 bits per heavy atom. The lowest BCUT2D eigenvalue weighted by Gasteiger charge is -2.26. The Kier molecular flexibility index (Phi) is 3.92. The highest BCUT2D eigenvalue weighted by Gasteiger charge is 2.36. The molecule has 0 bridgehead atoms. The van der Waals surface area contributed by atoms with Crippen LogP contribution in [0.2, 0.25) is 10.0 Å². The van der Waals surface area contributed by atoms with E-state index < -0.39 is 6.10 Å². The number of rotatable bonds is 3. The highest BCUT2D eigenvalue weighted by molar-refractivity contribution is 6.35. The molecule has 0 saturated heterocycles. The number of halogens is 2. The van der Waals surface area contributed by atoms with Gasteiger partial charge in [0.1, 0.15) is 0 Å². The Morgan fingerprint density at radius 1 is 1.43 bits per heavy atom. The normalized spacial score (nSPS) is 21.0. The van der Waals surface area contributed by atoms with Crippen molar-refractivity contribution in [1.82, 2.24) is 15.0 Å². The van der Waals surface area contributed by atoms with Gasteiger partial charge >= 0.3 is 0 Å². The van der Waals surface area contributed by atoms with E-state index in [9.17, 15) is 5.11 Å². The first-order valence-electron chi connectivity index (χ1n) is 6.61. The van der Waals surface area contributed by atoms with E-state index in [0.29, 0.717) is 34.7 Å². The number of fused-ring (bicyclic) bond motifs is 1. The third-order valence-corrected chi connectivity index (χ3v) is 4.28. The van der Waals surface area contributed by atoms with Crippen LogP contribution in [0, 0.1) is 6.92 Å². The van der Waals surface area contributed by atoms with Crippen molar-refractivity contribution in [3.8, 4) is 0 Å². The van der Waals surface area contributed by atoms with Crippen LogP contribution in [-0.2, 0) is 13.0 Å². The van der Waals surface area contributed by atoms with Gasteiger partial charge in [-0.05, 0) is 37.2 Å². The first-order chi connectivity index (χ1) is 9.95. The molecule has 2 atom stereocenters. The van der Waals surface area contributed by atoms with E-state index in [1.807, 2.05) is 18.0 Å². The SMILES string of the molecule is Cc1noc(CN(C)[C@@H]2c3cc(Cl)cc(Cl)c3C[C@@H]2O)n1. The Labute approximate surface area is 132 Å². The minimum atomic E-state index is -0.537. The van der Waals surface area contributed by atoms with Crippen molar-refractivity contribution in [2.45, 2.75) is 32.0 Å². The minimum absolute atomic E-state index is 0.191. The largest absolute Gasteiger partial charge is 0.391 e. The second kappa shape index (κ2) is 5.57. The van der Waals surface area contributed by atoms with Gasteiger partial charge in [0.25, 0.3) is 0 Å². The van der Waals surface area contributed by atoms with Crippen LogP contribution >= 0.6 is 23.2 Å². The van der Waals surface area contributed by atoms with Gasteiger partial charge in [0, 0.05) is 16.5 Å². The zero-order chi connectivity index (χ0) is 15.1. The maximum Gasteiger partial charge on any atom is 0.240 e. The van der Waals surface area contributed by atoms with E-state index in [2.05, 4.69) is 10.1 Å². The molecule has 0 radical (unpaired) electrons. The van der Waals surface area contributed by atoms with Crippen LogP contribution in [0.15, 0.2) is 16.7 Å². The Morgan fingerprint density at radius 2 is 2.19 bits per heavy atom. The van der Waals surface area contributed by atoms with Crippen LogP contribution in [-0.4, -0.2) is 33.3 Å². The summed E-state index contributed by atoms with van der Waals surface area (Å²) in [6.45, 7) is 2.22. The van der Waals surface area contributed by atoms with Gasteiger partial charge in [-0.15, -0.1) is 0 Å². The molecule has 7 heteroatoms. The smallest absolute Gasteiger partial charge is 0.240 e. The molecule has 5 nitrogen and oxygen atoms in total. The number of aryl methyl sites for hydroxylation is 1. The number of aromatic nitrogens is 2. The molecule has 0 aliphatic heterocycles. The summed E-state index contributed by atoms with van der Waals surface area (Å²) < 4.78 is 5.13. The van der Waals surface area contributed by atoms with E-state index in [4.69, 9.17) is 27.7 Å². The number of nitrogens with zero attached hydrogens (tertiary/aromatic N) is 3. The first-order valence-corrected chi connectivity index (χ1v) is 7.36. The molecule has 1 aliphatic carbocycles. The summed E-state index contributed by atoms with van der Waals surface area (Å²) in [5.41, 5.74) is 1.91. The van der Waals surface area contributed by atoms with Crippen LogP contribution in [0.5, 0.6) is 0 Å². The van der Waals surface area contributed by atoms with Crippen LogP contribution < -0.4 is 0 Å². The molecule has 1 heterocycles. The maximum absolute atomic E-state index is 10.4. The molecule has 1 N–H and O–H groups in total. The quantitative estimate of drug-likeness (QED) is 0.939. The molecule has 1 aliphatic rings. The van der Waals surface area contributed by atoms with Gasteiger partial charge in [0.15, 0.2) is 5.82 Å². The van der Waals surface area contributed by atoms with E-state index in [1.165, 1.54) is 0 Å². The first kappa shape index (κ1) is 14.8. The molecule has 21 heavy (non-hydrogen) atoms. The van der Waals surface area contributed by atoms with Crippen molar-refractivity contribution in [3.05, 3.63) is 45.0 Å². The van der Waals surface area contributed by atoms with Crippen molar-refractivity contribution < 1.29 is 9.63 Å². The van der Waals surface area contributed by atoms with Gasteiger partial charge in [0.05, 0.1) is 18.7 Å². The highest BCUT2D eigenvalue weighted by atomic mass is 35.5. The fourth-order valence-corrected chi connectivity index (χ4v) is 3.46. The topological polar surface area (TPSA) is 62.4 Å². The van der Waals surface area contributed by atoms with E-state index >= 15 is 0 Å². The molecule has 3 rings (SSSR count). The average Bonchev–Trinajstić information content (AvgIpc) is 2.92. The fraction of sp³-hybridized carbons (Fsp3) is 0.429. The van der Waals surface area contributed by atoms with Crippen molar-refractivity contribution >= 4 is 23.2 Å². The number of hydrogen-bond acceptors (Lipinski definition) is 5. The third kappa shape index (κ3) is 2.79. The summed E-state index contributed by atoms with van der Waals surface area (Å²) in [5.74, 6) is 1.11. The average molecular weight is 328 g/mol. The molecule has 112 valence electrons. The lowest BCUT2D eigenvalue weighted by atomic mass is 10.1. The van der Waals surface area contributed by atoms with Crippen molar-refractivity contribution in [3.63, 3.8) is 0 Å². The monoisotopic (exact) mass is 327 g/mol. The molecule has 0 unspecified atom stereocenters. The molecule has 0 amide bonds. The zero-order valence-corrected chi connectivity index (χ0v) is 13.2. The molecule has 1 aromatic carbocycles. The number of aliphatic hydroxyl groups is 1. The molecule has 2 aromatic rings. The Bertz CT molecular complexity index is 674.